The van der Waals surface area contributed by atoms with Crippen molar-refractivity contribution in [2.45, 2.75) is 32.0 Å². The van der Waals surface area contributed by atoms with Crippen LogP contribution in [0.3, 0.4) is 0 Å². The minimum absolute atomic E-state index is 0.251. The molecule has 1 heterocycles. The fourth-order valence-corrected chi connectivity index (χ4v) is 1.81. The lowest BCUT2D eigenvalue weighted by Crippen LogP contribution is -2.22. The maximum absolute atomic E-state index is 12.4. The summed E-state index contributed by atoms with van der Waals surface area (Å²) in [7, 11) is 0. The highest BCUT2D eigenvalue weighted by Crippen LogP contribution is 2.34. The zero-order valence-corrected chi connectivity index (χ0v) is 8.36. The van der Waals surface area contributed by atoms with Crippen LogP contribution < -0.4 is 5.32 Å². The molecule has 0 bridgehead atoms. The van der Waals surface area contributed by atoms with Crippen LogP contribution in [0, 0.1) is 0 Å². The van der Waals surface area contributed by atoms with Gasteiger partial charge in [-0.05, 0) is 37.5 Å². The number of halogens is 3. The van der Waals surface area contributed by atoms with Gasteiger partial charge in [0.25, 0.3) is 0 Å². The van der Waals surface area contributed by atoms with Gasteiger partial charge >= 0.3 is 6.18 Å². The van der Waals surface area contributed by atoms with Gasteiger partial charge in [0.15, 0.2) is 0 Å². The summed E-state index contributed by atoms with van der Waals surface area (Å²) in [6.07, 6.45) is -2.43. The van der Waals surface area contributed by atoms with Crippen molar-refractivity contribution in [3.8, 4) is 0 Å². The van der Waals surface area contributed by atoms with Crippen LogP contribution in [0.1, 0.15) is 24.5 Å². The first-order valence-electron chi connectivity index (χ1n) is 4.93. The van der Waals surface area contributed by atoms with E-state index >= 15 is 0 Å². The molecule has 0 aliphatic carbocycles. The van der Waals surface area contributed by atoms with E-state index in [-0.39, 0.29) is 6.04 Å². The Morgan fingerprint density at radius 3 is 2.73 bits per heavy atom. The number of anilines is 1. The number of hydrogen-bond acceptors (Lipinski definition) is 1. The zero-order valence-electron chi connectivity index (χ0n) is 8.36. The van der Waals surface area contributed by atoms with Crippen LogP contribution in [0.2, 0.25) is 0 Å². The molecule has 0 saturated heterocycles. The third-order valence-electron chi connectivity index (χ3n) is 2.69. The van der Waals surface area contributed by atoms with Crippen LogP contribution in [-0.4, -0.2) is 6.04 Å². The molecule has 1 atom stereocenters. The normalized spacial score (nSPS) is 20.7. The summed E-state index contributed by atoms with van der Waals surface area (Å²) < 4.78 is 37.3. The van der Waals surface area contributed by atoms with Gasteiger partial charge in [0.05, 0.1) is 5.56 Å². The summed E-state index contributed by atoms with van der Waals surface area (Å²) in [5.41, 5.74) is 1.02. The van der Waals surface area contributed by atoms with E-state index in [1.807, 2.05) is 6.92 Å². The molecule has 0 aromatic heterocycles. The second-order valence-corrected chi connectivity index (χ2v) is 3.95. The van der Waals surface area contributed by atoms with Gasteiger partial charge in [-0.15, -0.1) is 0 Å². The second kappa shape index (κ2) is 3.43. The molecule has 0 fully saturated rings. The molecule has 0 saturated carbocycles. The molecule has 0 amide bonds. The molecule has 1 N–H and O–H groups in total. The molecule has 1 aliphatic rings. The molecular weight excluding hydrogens is 203 g/mol. The molecule has 82 valence electrons. The van der Waals surface area contributed by atoms with Crippen molar-refractivity contribution in [3.63, 3.8) is 0 Å². The maximum atomic E-state index is 12.4. The third-order valence-corrected chi connectivity index (χ3v) is 2.69. The fourth-order valence-electron chi connectivity index (χ4n) is 1.81. The van der Waals surface area contributed by atoms with Gasteiger partial charge < -0.3 is 5.32 Å². The van der Waals surface area contributed by atoms with E-state index in [1.54, 1.807) is 6.07 Å². The average molecular weight is 215 g/mol. The Labute approximate surface area is 86.3 Å². The van der Waals surface area contributed by atoms with Crippen molar-refractivity contribution in [2.75, 3.05) is 5.32 Å². The standard InChI is InChI=1S/C11H12F3N/c1-7-2-3-8-4-5-9(11(12,13)14)6-10(8)15-7/h4-7,15H,2-3H2,1H3/t7-/m0/s1. The molecule has 0 spiro atoms. The number of rotatable bonds is 0. The molecule has 15 heavy (non-hydrogen) atoms. The summed E-state index contributed by atoms with van der Waals surface area (Å²) in [5, 5.41) is 3.07. The summed E-state index contributed by atoms with van der Waals surface area (Å²) in [6, 6.07) is 4.17. The molecule has 4 heteroatoms. The number of nitrogens with one attached hydrogen (secondary N) is 1. The van der Waals surface area contributed by atoms with Gasteiger partial charge in [0.2, 0.25) is 0 Å². The molecule has 1 aromatic rings. The van der Waals surface area contributed by atoms with Crippen molar-refractivity contribution in [2.24, 2.45) is 0 Å². The van der Waals surface area contributed by atoms with Crippen molar-refractivity contribution in [1.82, 2.24) is 0 Å². The highest BCUT2D eigenvalue weighted by molar-refractivity contribution is 5.56. The molecule has 1 aliphatic heterocycles. The van der Waals surface area contributed by atoms with E-state index in [1.165, 1.54) is 6.07 Å². The minimum atomic E-state index is -4.25. The van der Waals surface area contributed by atoms with Gasteiger partial charge in [-0.2, -0.15) is 13.2 Å². The Morgan fingerprint density at radius 1 is 1.33 bits per heavy atom. The SMILES string of the molecule is C[C@H]1CCc2ccc(C(F)(F)F)cc2N1. The lowest BCUT2D eigenvalue weighted by atomic mass is 9.97. The number of alkyl halides is 3. The van der Waals surface area contributed by atoms with E-state index in [4.69, 9.17) is 0 Å². The van der Waals surface area contributed by atoms with Crippen molar-refractivity contribution in [1.29, 1.82) is 0 Å². The Morgan fingerprint density at radius 2 is 2.07 bits per heavy atom. The van der Waals surface area contributed by atoms with Gasteiger partial charge in [0, 0.05) is 11.7 Å². The van der Waals surface area contributed by atoms with E-state index in [2.05, 4.69) is 5.32 Å². The number of hydrogen-bond donors (Lipinski definition) is 1. The maximum Gasteiger partial charge on any atom is 0.416 e. The van der Waals surface area contributed by atoms with Crippen LogP contribution in [0.5, 0.6) is 0 Å². The Bertz CT molecular complexity index is 371. The lowest BCUT2D eigenvalue weighted by Gasteiger charge is -2.24. The van der Waals surface area contributed by atoms with Crippen molar-refractivity contribution in [3.05, 3.63) is 29.3 Å². The Kier molecular flexibility index (Phi) is 2.37. The number of benzene rings is 1. The zero-order chi connectivity index (χ0) is 11.1. The topological polar surface area (TPSA) is 12.0 Å². The molecule has 0 unspecified atom stereocenters. The van der Waals surface area contributed by atoms with E-state index in [0.29, 0.717) is 5.69 Å². The highest BCUT2D eigenvalue weighted by Gasteiger charge is 2.31. The van der Waals surface area contributed by atoms with Crippen molar-refractivity contribution >= 4 is 5.69 Å². The minimum Gasteiger partial charge on any atom is -0.382 e. The van der Waals surface area contributed by atoms with Crippen LogP contribution in [-0.2, 0) is 12.6 Å². The molecule has 2 rings (SSSR count). The first kappa shape index (κ1) is 10.3. The average Bonchev–Trinajstić information content (AvgIpc) is 2.15. The van der Waals surface area contributed by atoms with Crippen LogP contribution in [0.15, 0.2) is 18.2 Å². The Balaban J connectivity index is 2.37. The molecule has 0 radical (unpaired) electrons. The molecule has 1 aromatic carbocycles. The first-order chi connectivity index (χ1) is 6.97. The van der Waals surface area contributed by atoms with Gasteiger partial charge in [-0.25, -0.2) is 0 Å². The number of fused-ring (bicyclic) bond motifs is 1. The summed E-state index contributed by atoms with van der Waals surface area (Å²) in [5.74, 6) is 0. The van der Waals surface area contributed by atoms with E-state index < -0.39 is 11.7 Å². The van der Waals surface area contributed by atoms with Crippen molar-refractivity contribution < 1.29 is 13.2 Å². The summed E-state index contributed by atoms with van der Waals surface area (Å²) >= 11 is 0. The predicted molar refractivity (Wildman–Crippen MR) is 52.8 cm³/mol. The van der Waals surface area contributed by atoms with E-state index in [9.17, 15) is 13.2 Å². The van der Waals surface area contributed by atoms with E-state index in [0.717, 1.165) is 24.5 Å². The number of aryl methyl sites for hydroxylation is 1. The molecule has 1 nitrogen and oxygen atoms in total. The van der Waals surface area contributed by atoms with Gasteiger partial charge in [-0.1, -0.05) is 6.07 Å². The van der Waals surface area contributed by atoms with Gasteiger partial charge in [0.1, 0.15) is 0 Å². The smallest absolute Gasteiger partial charge is 0.382 e. The summed E-state index contributed by atoms with van der Waals surface area (Å²) in [4.78, 5) is 0. The van der Waals surface area contributed by atoms with Crippen LogP contribution >= 0.6 is 0 Å². The second-order valence-electron chi connectivity index (χ2n) is 3.95. The first-order valence-corrected chi connectivity index (χ1v) is 4.93. The monoisotopic (exact) mass is 215 g/mol. The van der Waals surface area contributed by atoms with Crippen LogP contribution in [0.4, 0.5) is 18.9 Å². The highest BCUT2D eigenvalue weighted by atomic mass is 19.4. The lowest BCUT2D eigenvalue weighted by molar-refractivity contribution is -0.137. The predicted octanol–water partition coefficient (Wildman–Crippen LogP) is 3.45. The quantitative estimate of drug-likeness (QED) is 0.698. The van der Waals surface area contributed by atoms with Gasteiger partial charge in [-0.3, -0.25) is 0 Å². The fraction of sp³-hybridized carbons (Fsp3) is 0.455. The largest absolute Gasteiger partial charge is 0.416 e. The third kappa shape index (κ3) is 2.08. The molecular formula is C11H12F3N. The Hall–Kier alpha value is -1.19. The summed E-state index contributed by atoms with van der Waals surface area (Å²) in [6.45, 7) is 1.98. The van der Waals surface area contributed by atoms with Crippen LogP contribution in [0.25, 0.3) is 0 Å².